The van der Waals surface area contributed by atoms with Gasteiger partial charge in [0.15, 0.2) is 0 Å². The highest BCUT2D eigenvalue weighted by Gasteiger charge is 2.30. The van der Waals surface area contributed by atoms with Crippen LogP contribution in [0.5, 0.6) is 0 Å². The molecule has 1 unspecified atom stereocenters. The van der Waals surface area contributed by atoms with Crippen molar-refractivity contribution in [3.8, 4) is 0 Å². The number of rotatable bonds is 4. The average Bonchev–Trinajstić information content (AvgIpc) is 2.75. The second kappa shape index (κ2) is 8.62. The molecule has 1 N–H and O–H groups in total. The normalized spacial score (nSPS) is 19.9. The number of nitrogens with one attached hydrogen (secondary N) is 1. The number of amides is 1. The van der Waals surface area contributed by atoms with Gasteiger partial charge in [-0.2, -0.15) is 4.31 Å². The summed E-state index contributed by atoms with van der Waals surface area (Å²) in [5.41, 5.74) is 0.710. The SMILES string of the molecule is O=C(NC1CCSc2ccc(F)cc21)c1ccc(F)c(S(=O)(=O)N2CCOCC2)c1. The third-order valence-electron chi connectivity index (χ3n) is 5.10. The molecule has 1 amide bonds. The Kier molecular flexibility index (Phi) is 6.10. The molecule has 0 radical (unpaired) electrons. The van der Waals surface area contributed by atoms with E-state index in [-0.39, 0.29) is 31.9 Å². The highest BCUT2D eigenvalue weighted by Crippen LogP contribution is 2.36. The van der Waals surface area contributed by atoms with E-state index in [0.29, 0.717) is 12.0 Å². The van der Waals surface area contributed by atoms with E-state index in [2.05, 4.69) is 5.32 Å². The van der Waals surface area contributed by atoms with Crippen molar-refractivity contribution in [1.29, 1.82) is 0 Å². The third kappa shape index (κ3) is 4.22. The molecular weight excluding hydrogens is 434 g/mol. The van der Waals surface area contributed by atoms with Gasteiger partial charge in [-0.15, -0.1) is 11.8 Å². The summed E-state index contributed by atoms with van der Waals surface area (Å²) in [5, 5.41) is 2.83. The number of benzene rings is 2. The van der Waals surface area contributed by atoms with Crippen LogP contribution in [0, 0.1) is 11.6 Å². The Morgan fingerprint density at radius 1 is 1.13 bits per heavy atom. The number of morpholine rings is 1. The van der Waals surface area contributed by atoms with Crippen LogP contribution in [0.2, 0.25) is 0 Å². The minimum Gasteiger partial charge on any atom is -0.379 e. The maximum atomic E-state index is 14.4. The predicted octanol–water partition coefficient (Wildman–Crippen LogP) is 2.95. The van der Waals surface area contributed by atoms with Gasteiger partial charge < -0.3 is 10.1 Å². The third-order valence-corrected chi connectivity index (χ3v) is 8.13. The van der Waals surface area contributed by atoms with Crippen molar-refractivity contribution in [1.82, 2.24) is 9.62 Å². The number of thioether (sulfide) groups is 1. The van der Waals surface area contributed by atoms with Crippen LogP contribution < -0.4 is 5.32 Å². The molecule has 2 aromatic carbocycles. The first-order chi connectivity index (χ1) is 14.4. The lowest BCUT2D eigenvalue weighted by Gasteiger charge is -2.27. The lowest BCUT2D eigenvalue weighted by Crippen LogP contribution is -2.41. The van der Waals surface area contributed by atoms with Gasteiger partial charge in [0.1, 0.15) is 16.5 Å². The van der Waals surface area contributed by atoms with Crippen molar-refractivity contribution >= 4 is 27.7 Å². The average molecular weight is 455 g/mol. The first-order valence-corrected chi connectivity index (χ1v) is 11.9. The van der Waals surface area contributed by atoms with Gasteiger partial charge >= 0.3 is 0 Å². The van der Waals surface area contributed by atoms with Gasteiger partial charge in [0.25, 0.3) is 5.91 Å². The van der Waals surface area contributed by atoms with Gasteiger partial charge in [0.2, 0.25) is 10.0 Å². The quantitative estimate of drug-likeness (QED) is 0.769. The lowest BCUT2D eigenvalue weighted by atomic mass is 10.0. The molecule has 0 aromatic heterocycles. The maximum absolute atomic E-state index is 14.4. The van der Waals surface area contributed by atoms with Gasteiger partial charge in [0.05, 0.1) is 19.3 Å². The predicted molar refractivity (Wildman–Crippen MR) is 108 cm³/mol. The van der Waals surface area contributed by atoms with E-state index in [9.17, 15) is 22.0 Å². The molecule has 2 aliphatic heterocycles. The number of carbonyl (C=O) groups excluding carboxylic acids is 1. The molecule has 2 heterocycles. The van der Waals surface area contributed by atoms with E-state index in [1.807, 2.05) is 0 Å². The van der Waals surface area contributed by atoms with Crippen molar-refractivity contribution < 1.29 is 26.7 Å². The fourth-order valence-corrected chi connectivity index (χ4v) is 6.13. The van der Waals surface area contributed by atoms with Crippen molar-refractivity contribution in [3.05, 3.63) is 59.2 Å². The number of sulfonamides is 1. The summed E-state index contributed by atoms with van der Waals surface area (Å²) in [6.07, 6.45) is 0.604. The fraction of sp³-hybridized carbons (Fsp3) is 0.350. The highest BCUT2D eigenvalue weighted by atomic mass is 32.2. The zero-order valence-corrected chi connectivity index (χ0v) is 17.6. The van der Waals surface area contributed by atoms with E-state index < -0.39 is 38.5 Å². The number of fused-ring (bicyclic) bond motifs is 1. The van der Waals surface area contributed by atoms with Gasteiger partial charge in [-0.3, -0.25) is 4.79 Å². The molecular formula is C20H20F2N2O4S2. The first-order valence-electron chi connectivity index (χ1n) is 9.47. The monoisotopic (exact) mass is 454 g/mol. The molecule has 10 heteroatoms. The molecule has 30 heavy (non-hydrogen) atoms. The van der Waals surface area contributed by atoms with E-state index in [0.717, 1.165) is 27.1 Å². The summed E-state index contributed by atoms with van der Waals surface area (Å²) in [6, 6.07) is 7.32. The molecule has 1 saturated heterocycles. The standard InChI is InChI=1S/C20H20F2N2O4S2/c21-14-2-4-18-15(12-14)17(5-10-29-18)23-20(25)13-1-3-16(22)19(11-13)30(26,27)24-6-8-28-9-7-24/h1-4,11-12,17H,5-10H2,(H,23,25). The van der Waals surface area contributed by atoms with Gasteiger partial charge in [-0.1, -0.05) is 0 Å². The first kappa shape index (κ1) is 21.2. The molecule has 0 saturated carbocycles. The van der Waals surface area contributed by atoms with Crippen LogP contribution in [0.4, 0.5) is 8.78 Å². The molecule has 4 rings (SSSR count). The molecule has 6 nitrogen and oxygen atoms in total. The van der Waals surface area contributed by atoms with E-state index in [1.165, 1.54) is 18.2 Å². The van der Waals surface area contributed by atoms with Crippen LogP contribution in [-0.4, -0.2) is 50.7 Å². The van der Waals surface area contributed by atoms with Crippen molar-refractivity contribution in [2.24, 2.45) is 0 Å². The Morgan fingerprint density at radius 2 is 1.90 bits per heavy atom. The highest BCUT2D eigenvalue weighted by molar-refractivity contribution is 7.99. The summed E-state index contributed by atoms with van der Waals surface area (Å²) in [4.78, 5) is 13.2. The van der Waals surface area contributed by atoms with Crippen molar-refractivity contribution in [3.63, 3.8) is 0 Å². The van der Waals surface area contributed by atoms with Crippen LogP contribution in [0.3, 0.4) is 0 Å². The molecule has 0 aliphatic carbocycles. The fourth-order valence-electron chi connectivity index (χ4n) is 3.53. The Bertz CT molecular complexity index is 1070. The lowest BCUT2D eigenvalue weighted by molar-refractivity contribution is 0.0729. The minimum absolute atomic E-state index is 0.0272. The maximum Gasteiger partial charge on any atom is 0.251 e. The summed E-state index contributed by atoms with van der Waals surface area (Å²) >= 11 is 1.59. The molecule has 0 bridgehead atoms. The van der Waals surface area contributed by atoms with Gasteiger partial charge in [-0.05, 0) is 48.4 Å². The largest absolute Gasteiger partial charge is 0.379 e. The number of ether oxygens (including phenoxy) is 1. The van der Waals surface area contributed by atoms with E-state index >= 15 is 0 Å². The van der Waals surface area contributed by atoms with Gasteiger partial charge in [0, 0.05) is 29.3 Å². The topological polar surface area (TPSA) is 75.7 Å². The molecule has 2 aliphatic rings. The van der Waals surface area contributed by atoms with Crippen LogP contribution in [-0.2, 0) is 14.8 Å². The molecule has 2 aromatic rings. The van der Waals surface area contributed by atoms with Crippen LogP contribution in [0.25, 0.3) is 0 Å². The summed E-state index contributed by atoms with van der Waals surface area (Å²) in [5.74, 6) is -1.10. The van der Waals surface area contributed by atoms with E-state index in [1.54, 1.807) is 17.8 Å². The number of halogens is 2. The van der Waals surface area contributed by atoms with Crippen molar-refractivity contribution in [2.75, 3.05) is 32.1 Å². The molecule has 160 valence electrons. The zero-order valence-electron chi connectivity index (χ0n) is 15.9. The van der Waals surface area contributed by atoms with Crippen LogP contribution >= 0.6 is 11.8 Å². The second-order valence-electron chi connectivity index (χ2n) is 7.01. The van der Waals surface area contributed by atoms with Crippen molar-refractivity contribution in [2.45, 2.75) is 22.3 Å². The number of hydrogen-bond acceptors (Lipinski definition) is 5. The number of nitrogens with zero attached hydrogens (tertiary/aromatic N) is 1. The Morgan fingerprint density at radius 3 is 2.67 bits per heavy atom. The zero-order chi connectivity index (χ0) is 21.3. The summed E-state index contributed by atoms with van der Waals surface area (Å²) in [6.45, 7) is 0.716. The minimum atomic E-state index is -4.09. The Balaban J connectivity index is 1.59. The van der Waals surface area contributed by atoms with Crippen LogP contribution in [0.1, 0.15) is 28.4 Å². The summed E-state index contributed by atoms with van der Waals surface area (Å²) < 4.78 is 60.0. The van der Waals surface area contributed by atoms with Crippen LogP contribution in [0.15, 0.2) is 46.2 Å². The Hall–Kier alpha value is -2.01. The molecule has 1 fully saturated rings. The molecule has 1 atom stereocenters. The smallest absolute Gasteiger partial charge is 0.251 e. The second-order valence-corrected chi connectivity index (χ2v) is 10.1. The van der Waals surface area contributed by atoms with Gasteiger partial charge in [-0.25, -0.2) is 17.2 Å². The number of hydrogen-bond donors (Lipinski definition) is 1. The summed E-state index contributed by atoms with van der Waals surface area (Å²) in [7, 11) is -4.09. The molecule has 0 spiro atoms. The number of carbonyl (C=O) groups is 1. The Labute approximate surface area is 177 Å². The van der Waals surface area contributed by atoms with E-state index in [4.69, 9.17) is 4.74 Å².